The van der Waals surface area contributed by atoms with Crippen molar-refractivity contribution in [1.82, 2.24) is 4.90 Å². The smallest absolute Gasteiger partial charge is 0.322 e. The number of aryl methyl sites for hydroxylation is 1. The van der Waals surface area contributed by atoms with Crippen molar-refractivity contribution in [2.45, 2.75) is 32.7 Å². The van der Waals surface area contributed by atoms with Crippen molar-refractivity contribution in [2.75, 3.05) is 18.5 Å². The second kappa shape index (κ2) is 6.09. The number of hydrogen-bond acceptors (Lipinski definition) is 4. The molecule has 0 saturated heterocycles. The average Bonchev–Trinajstić information content (AvgIpc) is 3.24. The predicted molar refractivity (Wildman–Crippen MR) is 78.4 cm³/mol. The Labute approximate surface area is 122 Å². The standard InChI is InChI=1S/C14H19N3O4/c1-9-3-6-12(17(20)21)10(2)13(9)15-14(19)16(7-8-18)11-4-5-11/h3,6,11,18H,4-5,7-8H2,1-2H3,(H,15,19). The van der Waals surface area contributed by atoms with Gasteiger partial charge in [0.05, 0.1) is 22.8 Å². The number of amides is 2. The van der Waals surface area contributed by atoms with Crippen molar-refractivity contribution < 1.29 is 14.8 Å². The molecule has 2 rings (SSSR count). The van der Waals surface area contributed by atoms with Crippen LogP contribution in [-0.2, 0) is 0 Å². The fraction of sp³-hybridized carbons (Fsp3) is 0.500. The normalized spacial score (nSPS) is 13.9. The second-order valence-corrected chi connectivity index (χ2v) is 5.24. The second-order valence-electron chi connectivity index (χ2n) is 5.24. The number of aliphatic hydroxyl groups excluding tert-OH is 1. The first-order chi connectivity index (χ1) is 9.95. The maximum absolute atomic E-state index is 12.3. The van der Waals surface area contributed by atoms with Gasteiger partial charge in [-0.2, -0.15) is 0 Å². The van der Waals surface area contributed by atoms with Crippen molar-refractivity contribution in [2.24, 2.45) is 0 Å². The molecule has 1 fully saturated rings. The van der Waals surface area contributed by atoms with E-state index in [9.17, 15) is 14.9 Å². The van der Waals surface area contributed by atoms with E-state index in [4.69, 9.17) is 5.11 Å². The topological polar surface area (TPSA) is 95.7 Å². The number of benzene rings is 1. The first kappa shape index (κ1) is 15.2. The summed E-state index contributed by atoms with van der Waals surface area (Å²) in [5.74, 6) is 0. The summed E-state index contributed by atoms with van der Waals surface area (Å²) in [4.78, 5) is 24.4. The molecule has 0 bridgehead atoms. The molecule has 21 heavy (non-hydrogen) atoms. The van der Waals surface area contributed by atoms with Crippen LogP contribution in [0.5, 0.6) is 0 Å². The lowest BCUT2D eigenvalue weighted by Crippen LogP contribution is -2.39. The molecule has 1 saturated carbocycles. The van der Waals surface area contributed by atoms with Crippen molar-refractivity contribution in [3.63, 3.8) is 0 Å². The van der Waals surface area contributed by atoms with E-state index in [1.54, 1.807) is 24.8 Å². The lowest BCUT2D eigenvalue weighted by atomic mass is 10.1. The minimum Gasteiger partial charge on any atom is -0.395 e. The number of rotatable bonds is 5. The summed E-state index contributed by atoms with van der Waals surface area (Å²) in [5.41, 5.74) is 1.66. The zero-order valence-corrected chi connectivity index (χ0v) is 12.1. The Kier molecular flexibility index (Phi) is 4.42. The Morgan fingerprint density at radius 3 is 2.67 bits per heavy atom. The van der Waals surface area contributed by atoms with Crippen LogP contribution in [0.1, 0.15) is 24.0 Å². The Hall–Kier alpha value is -2.15. The molecule has 1 aromatic rings. The molecular weight excluding hydrogens is 274 g/mol. The van der Waals surface area contributed by atoms with Crippen LogP contribution >= 0.6 is 0 Å². The summed E-state index contributed by atoms with van der Waals surface area (Å²) >= 11 is 0. The molecule has 7 heteroatoms. The molecule has 7 nitrogen and oxygen atoms in total. The van der Waals surface area contributed by atoms with Crippen LogP contribution in [0.4, 0.5) is 16.2 Å². The Morgan fingerprint density at radius 2 is 2.14 bits per heavy atom. The van der Waals surface area contributed by atoms with Crippen LogP contribution in [0.2, 0.25) is 0 Å². The third-order valence-electron chi connectivity index (χ3n) is 3.66. The number of nitrogens with one attached hydrogen (secondary N) is 1. The van der Waals surface area contributed by atoms with Gasteiger partial charge in [-0.15, -0.1) is 0 Å². The predicted octanol–water partition coefficient (Wildman–Crippen LogP) is 2.20. The highest BCUT2D eigenvalue weighted by molar-refractivity contribution is 5.92. The van der Waals surface area contributed by atoms with Crippen LogP contribution in [0, 0.1) is 24.0 Å². The number of carbonyl (C=O) groups excluding carboxylic acids is 1. The third kappa shape index (κ3) is 3.30. The van der Waals surface area contributed by atoms with Crippen molar-refractivity contribution in [1.29, 1.82) is 0 Å². The zero-order chi connectivity index (χ0) is 15.6. The number of nitro groups is 1. The zero-order valence-electron chi connectivity index (χ0n) is 12.1. The van der Waals surface area contributed by atoms with E-state index in [0.29, 0.717) is 11.3 Å². The number of nitro benzene ring substituents is 1. The van der Waals surface area contributed by atoms with Gasteiger partial charge in [-0.3, -0.25) is 10.1 Å². The van der Waals surface area contributed by atoms with Crippen molar-refractivity contribution in [3.05, 3.63) is 33.4 Å². The van der Waals surface area contributed by atoms with Gasteiger partial charge in [0.25, 0.3) is 5.69 Å². The Bertz CT molecular complexity index is 570. The highest BCUT2D eigenvalue weighted by Gasteiger charge is 2.32. The summed E-state index contributed by atoms with van der Waals surface area (Å²) in [6, 6.07) is 2.90. The largest absolute Gasteiger partial charge is 0.395 e. The molecular formula is C14H19N3O4. The first-order valence-corrected chi connectivity index (χ1v) is 6.88. The SMILES string of the molecule is Cc1ccc([N+](=O)[O-])c(C)c1NC(=O)N(CCO)C1CC1. The molecule has 0 atom stereocenters. The minimum absolute atomic E-state index is 0.0176. The van der Waals surface area contributed by atoms with Crippen molar-refractivity contribution >= 4 is 17.4 Å². The van der Waals surface area contributed by atoms with Gasteiger partial charge in [0, 0.05) is 18.7 Å². The van der Waals surface area contributed by atoms with E-state index >= 15 is 0 Å². The Morgan fingerprint density at radius 1 is 1.48 bits per heavy atom. The summed E-state index contributed by atoms with van der Waals surface area (Å²) in [7, 11) is 0. The lowest BCUT2D eigenvalue weighted by molar-refractivity contribution is -0.385. The van der Waals surface area contributed by atoms with Gasteiger partial charge in [0.2, 0.25) is 0 Å². The molecule has 0 heterocycles. The van der Waals surface area contributed by atoms with Gasteiger partial charge in [0.15, 0.2) is 0 Å². The van der Waals surface area contributed by atoms with Gasteiger partial charge in [0.1, 0.15) is 0 Å². The fourth-order valence-electron chi connectivity index (χ4n) is 2.35. The number of urea groups is 1. The summed E-state index contributed by atoms with van der Waals surface area (Å²) in [6.45, 7) is 3.58. The van der Waals surface area contributed by atoms with E-state index < -0.39 is 4.92 Å². The lowest BCUT2D eigenvalue weighted by Gasteiger charge is -2.23. The molecule has 0 unspecified atom stereocenters. The average molecular weight is 293 g/mol. The molecule has 1 aliphatic carbocycles. The van der Waals surface area contributed by atoms with E-state index in [-0.39, 0.29) is 30.9 Å². The van der Waals surface area contributed by atoms with E-state index in [0.717, 1.165) is 18.4 Å². The van der Waals surface area contributed by atoms with Crippen LogP contribution in [0.15, 0.2) is 12.1 Å². The number of nitrogens with zero attached hydrogens (tertiary/aromatic N) is 2. The molecule has 2 N–H and O–H groups in total. The number of aliphatic hydroxyl groups is 1. The first-order valence-electron chi connectivity index (χ1n) is 6.88. The highest BCUT2D eigenvalue weighted by atomic mass is 16.6. The molecule has 0 radical (unpaired) electrons. The maximum atomic E-state index is 12.3. The highest BCUT2D eigenvalue weighted by Crippen LogP contribution is 2.31. The summed E-state index contributed by atoms with van der Waals surface area (Å²) < 4.78 is 0. The fourth-order valence-corrected chi connectivity index (χ4v) is 2.35. The molecule has 2 amide bonds. The van der Waals surface area contributed by atoms with Crippen LogP contribution in [-0.4, -0.2) is 40.2 Å². The monoisotopic (exact) mass is 293 g/mol. The van der Waals surface area contributed by atoms with Gasteiger partial charge in [-0.05, 0) is 32.3 Å². The number of anilines is 1. The third-order valence-corrected chi connectivity index (χ3v) is 3.66. The summed E-state index contributed by atoms with van der Waals surface area (Å²) in [5, 5.41) is 22.8. The molecule has 0 aromatic heterocycles. The van der Waals surface area contributed by atoms with Crippen LogP contribution < -0.4 is 5.32 Å². The van der Waals surface area contributed by atoms with Crippen LogP contribution in [0.3, 0.4) is 0 Å². The van der Waals surface area contributed by atoms with Crippen LogP contribution in [0.25, 0.3) is 0 Å². The van der Waals surface area contributed by atoms with E-state index in [1.807, 2.05) is 0 Å². The minimum atomic E-state index is -0.461. The Balaban J connectivity index is 2.23. The molecule has 0 aliphatic heterocycles. The van der Waals surface area contributed by atoms with Gasteiger partial charge >= 0.3 is 6.03 Å². The molecule has 1 aromatic carbocycles. The maximum Gasteiger partial charge on any atom is 0.322 e. The van der Waals surface area contributed by atoms with Gasteiger partial charge in [-0.25, -0.2) is 4.79 Å². The van der Waals surface area contributed by atoms with E-state index in [1.165, 1.54) is 6.07 Å². The van der Waals surface area contributed by atoms with E-state index in [2.05, 4.69) is 5.32 Å². The molecule has 114 valence electrons. The number of hydrogen-bond donors (Lipinski definition) is 2. The number of carbonyl (C=O) groups is 1. The molecule has 0 spiro atoms. The van der Waals surface area contributed by atoms with Gasteiger partial charge < -0.3 is 15.3 Å². The summed E-state index contributed by atoms with van der Waals surface area (Å²) in [6.07, 6.45) is 1.86. The van der Waals surface area contributed by atoms with Gasteiger partial charge in [-0.1, -0.05) is 6.07 Å². The quantitative estimate of drug-likeness (QED) is 0.642. The molecule has 1 aliphatic rings. The van der Waals surface area contributed by atoms with Crippen molar-refractivity contribution in [3.8, 4) is 0 Å².